The maximum absolute atomic E-state index is 13.9. The SMILES string of the molecule is CC1(c2ccc(F)cc2)C(=O)Nc2nc(-c3cn4ncnc4c(CCC(F)(F)C(C)(F)F)n3)[nH]c(=O)c21. The van der Waals surface area contributed by atoms with Gasteiger partial charge in [-0.3, -0.25) is 9.59 Å². The van der Waals surface area contributed by atoms with Gasteiger partial charge in [0.25, 0.3) is 5.56 Å². The van der Waals surface area contributed by atoms with Gasteiger partial charge >= 0.3 is 11.8 Å². The summed E-state index contributed by atoms with van der Waals surface area (Å²) < 4.78 is 69.0. The highest BCUT2D eigenvalue weighted by Crippen LogP contribution is 2.40. The molecule has 0 radical (unpaired) electrons. The summed E-state index contributed by atoms with van der Waals surface area (Å²) in [6.07, 6.45) is 0.666. The lowest BCUT2D eigenvalue weighted by atomic mass is 9.78. The molecule has 1 atom stereocenters. The summed E-state index contributed by atoms with van der Waals surface area (Å²) in [4.78, 5) is 41.1. The Kier molecular flexibility index (Phi) is 5.39. The molecule has 3 aromatic heterocycles. The highest BCUT2D eigenvalue weighted by molar-refractivity contribution is 6.07. The molecule has 0 aliphatic carbocycles. The third kappa shape index (κ3) is 3.92. The number of aromatic nitrogens is 6. The number of carbonyl (C=O) groups excluding carboxylic acids is 1. The van der Waals surface area contributed by atoms with Gasteiger partial charge in [-0.05, 0) is 31.0 Å². The minimum absolute atomic E-state index is 0.000245. The maximum Gasteiger partial charge on any atom is 0.310 e. The zero-order valence-corrected chi connectivity index (χ0v) is 19.3. The van der Waals surface area contributed by atoms with E-state index < -0.39 is 47.4 Å². The molecule has 1 aromatic carbocycles. The normalized spacial score (nSPS) is 17.8. The summed E-state index contributed by atoms with van der Waals surface area (Å²) in [6.45, 7) is 1.64. The van der Waals surface area contributed by atoms with E-state index in [0.29, 0.717) is 5.56 Å². The van der Waals surface area contributed by atoms with E-state index in [-0.39, 0.29) is 41.2 Å². The molecule has 5 rings (SSSR count). The van der Waals surface area contributed by atoms with Crippen LogP contribution in [-0.4, -0.2) is 47.3 Å². The number of alkyl halides is 4. The first kappa shape index (κ1) is 24.5. The lowest BCUT2D eigenvalue weighted by molar-refractivity contribution is -0.200. The minimum atomic E-state index is -4.29. The third-order valence-corrected chi connectivity index (χ3v) is 6.42. The summed E-state index contributed by atoms with van der Waals surface area (Å²) in [5.74, 6) is -9.80. The van der Waals surface area contributed by atoms with Crippen molar-refractivity contribution in [1.82, 2.24) is 29.5 Å². The Bertz CT molecular complexity index is 1590. The quantitative estimate of drug-likeness (QED) is 0.377. The number of carbonyl (C=O) groups is 1. The second-order valence-corrected chi connectivity index (χ2v) is 8.92. The number of H-pyrrole nitrogens is 1. The molecule has 4 heterocycles. The van der Waals surface area contributed by atoms with E-state index in [4.69, 9.17) is 0 Å². The number of nitrogens with zero attached hydrogens (tertiary/aromatic N) is 5. The van der Waals surface area contributed by atoms with Crippen LogP contribution in [0.3, 0.4) is 0 Å². The molecule has 4 aromatic rings. The van der Waals surface area contributed by atoms with Crippen molar-refractivity contribution in [3.05, 3.63) is 69.8 Å². The van der Waals surface area contributed by atoms with Gasteiger partial charge in [0, 0.05) is 13.3 Å². The van der Waals surface area contributed by atoms with Gasteiger partial charge in [-0.25, -0.2) is 32.6 Å². The molecule has 192 valence electrons. The lowest BCUT2D eigenvalue weighted by Crippen LogP contribution is -2.38. The fourth-order valence-corrected chi connectivity index (χ4v) is 4.22. The number of aromatic amines is 1. The van der Waals surface area contributed by atoms with E-state index in [1.165, 1.54) is 41.9 Å². The Hall–Kier alpha value is -4.23. The van der Waals surface area contributed by atoms with Gasteiger partial charge in [-0.1, -0.05) is 12.1 Å². The molecule has 1 aliphatic rings. The first-order chi connectivity index (χ1) is 17.3. The highest BCUT2D eigenvalue weighted by Gasteiger charge is 2.51. The number of hydrogen-bond donors (Lipinski definition) is 2. The van der Waals surface area contributed by atoms with Crippen LogP contribution in [-0.2, 0) is 16.6 Å². The third-order valence-electron chi connectivity index (χ3n) is 6.42. The molecule has 14 heteroatoms. The Labute approximate surface area is 204 Å². The Morgan fingerprint density at radius 2 is 1.78 bits per heavy atom. The molecule has 37 heavy (non-hydrogen) atoms. The number of rotatable bonds is 6. The van der Waals surface area contributed by atoms with Crippen LogP contribution >= 0.6 is 0 Å². The van der Waals surface area contributed by atoms with Crippen molar-refractivity contribution in [2.75, 3.05) is 5.32 Å². The molecule has 1 aliphatic heterocycles. The lowest BCUT2D eigenvalue weighted by Gasteiger charge is -2.22. The largest absolute Gasteiger partial charge is 0.310 e. The van der Waals surface area contributed by atoms with E-state index in [2.05, 4.69) is 30.4 Å². The van der Waals surface area contributed by atoms with Gasteiger partial charge in [0.2, 0.25) is 5.91 Å². The van der Waals surface area contributed by atoms with Crippen LogP contribution in [0.1, 0.15) is 37.1 Å². The number of nitrogens with one attached hydrogen (secondary N) is 2. The van der Waals surface area contributed by atoms with Crippen molar-refractivity contribution in [2.45, 2.75) is 43.9 Å². The van der Waals surface area contributed by atoms with Gasteiger partial charge in [-0.2, -0.15) is 13.9 Å². The molecular weight excluding hydrogens is 501 g/mol. The monoisotopic (exact) mass is 519 g/mol. The minimum Gasteiger partial charge on any atom is -0.309 e. The molecular formula is C23H18F5N7O2. The van der Waals surface area contributed by atoms with E-state index >= 15 is 0 Å². The fourth-order valence-electron chi connectivity index (χ4n) is 4.22. The molecule has 0 bridgehead atoms. The Morgan fingerprint density at radius 1 is 1.08 bits per heavy atom. The second-order valence-electron chi connectivity index (χ2n) is 8.92. The second kappa shape index (κ2) is 8.15. The van der Waals surface area contributed by atoms with Crippen LogP contribution in [0.2, 0.25) is 0 Å². The zero-order chi connectivity index (χ0) is 26.8. The summed E-state index contributed by atoms with van der Waals surface area (Å²) in [5.41, 5.74) is -1.81. The fraction of sp³-hybridized carbons (Fsp3) is 0.304. The average molecular weight is 519 g/mol. The molecule has 1 unspecified atom stereocenters. The molecule has 0 saturated carbocycles. The summed E-state index contributed by atoms with van der Waals surface area (Å²) in [7, 11) is 0. The van der Waals surface area contributed by atoms with Gasteiger partial charge < -0.3 is 10.3 Å². The van der Waals surface area contributed by atoms with Crippen molar-refractivity contribution in [2.24, 2.45) is 0 Å². The predicted octanol–water partition coefficient (Wildman–Crippen LogP) is 3.49. The van der Waals surface area contributed by atoms with Crippen molar-refractivity contribution >= 4 is 17.4 Å². The number of anilines is 1. The van der Waals surface area contributed by atoms with Gasteiger partial charge in [0.15, 0.2) is 11.5 Å². The molecule has 9 nitrogen and oxygen atoms in total. The molecule has 2 N–H and O–H groups in total. The highest BCUT2D eigenvalue weighted by atomic mass is 19.3. The molecule has 0 spiro atoms. The van der Waals surface area contributed by atoms with Crippen LogP contribution in [0, 0.1) is 5.82 Å². The number of amides is 1. The zero-order valence-electron chi connectivity index (χ0n) is 19.3. The van der Waals surface area contributed by atoms with Crippen molar-refractivity contribution in [3.63, 3.8) is 0 Å². The van der Waals surface area contributed by atoms with Gasteiger partial charge in [-0.15, -0.1) is 0 Å². The van der Waals surface area contributed by atoms with Gasteiger partial charge in [0.05, 0.1) is 17.5 Å². The van der Waals surface area contributed by atoms with Crippen LogP contribution in [0.15, 0.2) is 41.6 Å². The van der Waals surface area contributed by atoms with Crippen LogP contribution in [0.5, 0.6) is 0 Å². The van der Waals surface area contributed by atoms with Crippen LogP contribution < -0.4 is 10.9 Å². The summed E-state index contributed by atoms with van der Waals surface area (Å²) >= 11 is 0. The topological polar surface area (TPSA) is 118 Å². The molecule has 1 amide bonds. The van der Waals surface area contributed by atoms with E-state index in [1.54, 1.807) is 0 Å². The summed E-state index contributed by atoms with van der Waals surface area (Å²) in [6, 6.07) is 5.11. The van der Waals surface area contributed by atoms with E-state index in [0.717, 1.165) is 6.33 Å². The molecule has 0 fully saturated rings. The number of benzene rings is 1. The standard InChI is InChI=1S/C23H18F5N7O2/c1-21(11-3-5-12(24)6-4-11)15-17(34-20(21)37)32-16(33-19(15)36)14-9-35-18(29-10-30-35)13(31-14)7-8-23(27,28)22(2,25)26/h3-6,9-10H,7-8H2,1-2H3,(H2,32,33,34,36,37). The predicted molar refractivity (Wildman–Crippen MR) is 120 cm³/mol. The van der Waals surface area contributed by atoms with Crippen LogP contribution in [0.25, 0.3) is 17.2 Å². The first-order valence-corrected chi connectivity index (χ1v) is 11.0. The van der Waals surface area contributed by atoms with Gasteiger partial charge in [0.1, 0.15) is 29.1 Å². The number of fused-ring (bicyclic) bond motifs is 2. The van der Waals surface area contributed by atoms with Crippen molar-refractivity contribution < 1.29 is 26.7 Å². The smallest absolute Gasteiger partial charge is 0.309 e. The van der Waals surface area contributed by atoms with Crippen molar-refractivity contribution in [3.8, 4) is 11.5 Å². The van der Waals surface area contributed by atoms with Crippen LogP contribution in [0.4, 0.5) is 27.8 Å². The Balaban J connectivity index is 1.57. The number of hydrogen-bond acceptors (Lipinski definition) is 6. The number of halogens is 5. The number of aryl methyl sites for hydroxylation is 1. The van der Waals surface area contributed by atoms with E-state index in [9.17, 15) is 31.5 Å². The van der Waals surface area contributed by atoms with Crippen molar-refractivity contribution in [1.29, 1.82) is 0 Å². The maximum atomic E-state index is 13.9. The average Bonchev–Trinajstić information content (AvgIpc) is 3.40. The molecule has 0 saturated heterocycles. The summed E-state index contributed by atoms with van der Waals surface area (Å²) in [5, 5.41) is 6.50. The first-order valence-electron chi connectivity index (χ1n) is 11.0. The Morgan fingerprint density at radius 3 is 2.46 bits per heavy atom. The van der Waals surface area contributed by atoms with E-state index in [1.807, 2.05) is 0 Å².